The van der Waals surface area contributed by atoms with Crippen LogP contribution in [0.3, 0.4) is 0 Å². The SMILES string of the molecule is CC1=CC(C)(C)/C=C\C=C/C(C)C1. The van der Waals surface area contributed by atoms with Crippen LogP contribution in [0.4, 0.5) is 0 Å². The average Bonchev–Trinajstić information content (AvgIpc) is 1.99. The molecule has 0 bridgehead atoms. The molecule has 0 aromatic rings. The third-order valence-corrected chi connectivity index (χ3v) is 2.34. The van der Waals surface area contributed by atoms with E-state index in [0.717, 1.165) is 0 Å². The van der Waals surface area contributed by atoms with E-state index in [1.54, 1.807) is 0 Å². The monoisotopic (exact) mass is 176 g/mol. The highest BCUT2D eigenvalue weighted by Gasteiger charge is 2.11. The Bertz CT molecular complexity index is 251. The van der Waals surface area contributed by atoms with E-state index in [9.17, 15) is 0 Å². The van der Waals surface area contributed by atoms with Gasteiger partial charge in [-0.25, -0.2) is 0 Å². The first kappa shape index (κ1) is 10.3. The lowest BCUT2D eigenvalue weighted by atomic mass is 9.89. The molecular formula is C13H20. The Morgan fingerprint density at radius 3 is 2.69 bits per heavy atom. The molecule has 13 heavy (non-hydrogen) atoms. The molecule has 0 aromatic heterocycles. The quantitative estimate of drug-likeness (QED) is 0.487. The predicted octanol–water partition coefficient (Wildman–Crippen LogP) is 4.11. The van der Waals surface area contributed by atoms with Gasteiger partial charge in [0.05, 0.1) is 0 Å². The minimum atomic E-state index is 0.207. The molecule has 0 amide bonds. The summed E-state index contributed by atoms with van der Waals surface area (Å²) in [5, 5.41) is 0. The van der Waals surface area contributed by atoms with Crippen molar-refractivity contribution in [2.75, 3.05) is 0 Å². The smallest absolute Gasteiger partial charge is 0.00101 e. The van der Waals surface area contributed by atoms with Gasteiger partial charge in [-0.3, -0.25) is 0 Å². The number of hydrogen-bond acceptors (Lipinski definition) is 0. The summed E-state index contributed by atoms with van der Waals surface area (Å²) in [6.07, 6.45) is 12.4. The first-order chi connectivity index (χ1) is 5.99. The van der Waals surface area contributed by atoms with Crippen LogP contribution in [0.25, 0.3) is 0 Å². The van der Waals surface area contributed by atoms with E-state index in [1.807, 2.05) is 0 Å². The summed E-state index contributed by atoms with van der Waals surface area (Å²) in [7, 11) is 0. The van der Waals surface area contributed by atoms with E-state index in [2.05, 4.69) is 58.1 Å². The third-order valence-electron chi connectivity index (χ3n) is 2.34. The minimum absolute atomic E-state index is 0.207. The zero-order chi connectivity index (χ0) is 9.90. The highest BCUT2D eigenvalue weighted by molar-refractivity contribution is 5.19. The summed E-state index contributed by atoms with van der Waals surface area (Å²) in [5.74, 6) is 0.662. The van der Waals surface area contributed by atoms with Gasteiger partial charge in [-0.05, 0) is 19.3 Å². The molecule has 0 heteroatoms. The molecule has 1 atom stereocenters. The summed E-state index contributed by atoms with van der Waals surface area (Å²) in [6.45, 7) is 8.99. The molecular weight excluding hydrogens is 156 g/mol. The maximum atomic E-state index is 2.37. The molecule has 1 unspecified atom stereocenters. The third kappa shape index (κ3) is 3.63. The van der Waals surface area contributed by atoms with Crippen LogP contribution in [0, 0.1) is 11.3 Å². The van der Waals surface area contributed by atoms with Gasteiger partial charge in [-0.1, -0.05) is 56.7 Å². The fraction of sp³-hybridized carbons (Fsp3) is 0.538. The maximum Gasteiger partial charge on any atom is 0.00101 e. The lowest BCUT2D eigenvalue weighted by molar-refractivity contribution is 0.610. The Kier molecular flexibility index (Phi) is 3.13. The van der Waals surface area contributed by atoms with Crippen LogP contribution >= 0.6 is 0 Å². The van der Waals surface area contributed by atoms with E-state index in [4.69, 9.17) is 0 Å². The van der Waals surface area contributed by atoms with Crippen molar-refractivity contribution in [3.05, 3.63) is 36.0 Å². The maximum absolute atomic E-state index is 2.37. The van der Waals surface area contributed by atoms with Crippen LogP contribution in [0.5, 0.6) is 0 Å². The Hall–Kier alpha value is -0.780. The zero-order valence-electron chi connectivity index (χ0n) is 9.17. The summed E-state index contributed by atoms with van der Waals surface area (Å²) in [6, 6.07) is 0. The second kappa shape index (κ2) is 3.95. The molecule has 0 saturated heterocycles. The van der Waals surface area contributed by atoms with Gasteiger partial charge in [-0.2, -0.15) is 0 Å². The van der Waals surface area contributed by atoms with Crippen molar-refractivity contribution in [3.63, 3.8) is 0 Å². The van der Waals surface area contributed by atoms with Crippen LogP contribution < -0.4 is 0 Å². The van der Waals surface area contributed by atoms with Crippen LogP contribution in [0.1, 0.15) is 34.1 Å². The molecule has 0 nitrogen and oxygen atoms in total. The lowest BCUT2D eigenvalue weighted by Gasteiger charge is -2.16. The van der Waals surface area contributed by atoms with E-state index in [0.29, 0.717) is 5.92 Å². The van der Waals surface area contributed by atoms with Crippen molar-refractivity contribution in [2.45, 2.75) is 34.1 Å². The highest BCUT2D eigenvalue weighted by Crippen LogP contribution is 2.25. The second-order valence-electron chi connectivity index (χ2n) is 4.74. The molecule has 0 aromatic carbocycles. The van der Waals surface area contributed by atoms with E-state index < -0.39 is 0 Å². The van der Waals surface area contributed by atoms with Gasteiger partial charge < -0.3 is 0 Å². The largest absolute Gasteiger partial charge is 0.0814 e. The first-order valence-electron chi connectivity index (χ1n) is 5.04. The summed E-state index contributed by atoms with van der Waals surface area (Å²) in [4.78, 5) is 0. The Morgan fingerprint density at radius 1 is 1.31 bits per heavy atom. The van der Waals surface area contributed by atoms with Gasteiger partial charge in [0, 0.05) is 5.41 Å². The van der Waals surface area contributed by atoms with Gasteiger partial charge in [0.2, 0.25) is 0 Å². The second-order valence-corrected chi connectivity index (χ2v) is 4.74. The fourth-order valence-corrected chi connectivity index (χ4v) is 1.88. The zero-order valence-corrected chi connectivity index (χ0v) is 9.17. The molecule has 0 spiro atoms. The topological polar surface area (TPSA) is 0 Å². The molecule has 1 rings (SSSR count). The Labute approximate surface area is 82.0 Å². The van der Waals surface area contributed by atoms with Crippen molar-refractivity contribution in [3.8, 4) is 0 Å². The van der Waals surface area contributed by atoms with Crippen LogP contribution in [-0.4, -0.2) is 0 Å². The average molecular weight is 176 g/mol. The van der Waals surface area contributed by atoms with Gasteiger partial charge >= 0.3 is 0 Å². The molecule has 1 aliphatic carbocycles. The predicted molar refractivity (Wildman–Crippen MR) is 59.6 cm³/mol. The van der Waals surface area contributed by atoms with Crippen LogP contribution in [0.15, 0.2) is 36.0 Å². The van der Waals surface area contributed by atoms with Gasteiger partial charge in [-0.15, -0.1) is 0 Å². The van der Waals surface area contributed by atoms with Crippen molar-refractivity contribution < 1.29 is 0 Å². The molecule has 0 N–H and O–H groups in total. The molecule has 0 fully saturated rings. The van der Waals surface area contributed by atoms with Crippen LogP contribution in [0.2, 0.25) is 0 Å². The van der Waals surface area contributed by atoms with E-state index in [1.165, 1.54) is 12.0 Å². The number of rotatable bonds is 0. The number of allylic oxidation sites excluding steroid dienone is 6. The van der Waals surface area contributed by atoms with Crippen molar-refractivity contribution in [2.24, 2.45) is 11.3 Å². The van der Waals surface area contributed by atoms with E-state index >= 15 is 0 Å². The Balaban J connectivity index is 2.91. The normalized spacial score (nSPS) is 32.3. The highest BCUT2D eigenvalue weighted by atomic mass is 14.2. The van der Waals surface area contributed by atoms with Gasteiger partial charge in [0.1, 0.15) is 0 Å². The summed E-state index contributed by atoms with van der Waals surface area (Å²) in [5.41, 5.74) is 1.70. The molecule has 0 heterocycles. The van der Waals surface area contributed by atoms with Crippen LogP contribution in [-0.2, 0) is 0 Å². The summed E-state index contributed by atoms with van der Waals surface area (Å²) >= 11 is 0. The molecule has 0 radical (unpaired) electrons. The van der Waals surface area contributed by atoms with Gasteiger partial charge in [0.15, 0.2) is 0 Å². The van der Waals surface area contributed by atoms with Gasteiger partial charge in [0.25, 0.3) is 0 Å². The van der Waals surface area contributed by atoms with Crippen molar-refractivity contribution in [1.82, 2.24) is 0 Å². The standard InChI is InChI=1S/C13H20/c1-11-7-5-6-8-13(3,4)10-12(2)9-11/h5-8,10-11H,9H2,1-4H3/b7-5-,8-6-,12-10?. The molecule has 0 aliphatic heterocycles. The molecule has 0 saturated carbocycles. The van der Waals surface area contributed by atoms with E-state index in [-0.39, 0.29) is 5.41 Å². The minimum Gasteiger partial charge on any atom is -0.0814 e. The first-order valence-corrected chi connectivity index (χ1v) is 5.04. The Morgan fingerprint density at radius 2 is 2.00 bits per heavy atom. The lowest BCUT2D eigenvalue weighted by Crippen LogP contribution is -2.03. The van der Waals surface area contributed by atoms with Crippen molar-refractivity contribution in [1.29, 1.82) is 0 Å². The number of hydrogen-bond donors (Lipinski definition) is 0. The fourth-order valence-electron chi connectivity index (χ4n) is 1.88. The summed E-state index contributed by atoms with van der Waals surface area (Å²) < 4.78 is 0. The van der Waals surface area contributed by atoms with Crippen molar-refractivity contribution >= 4 is 0 Å². The molecule has 1 aliphatic rings. The molecule has 72 valence electrons.